The van der Waals surface area contributed by atoms with E-state index in [4.69, 9.17) is 23.2 Å². The standard InChI is InChI=1S/C13H11Cl2N3O/c1-8(10-4-2-3-7-16-10)17-13(19)12-9(14)5-6-11(15)18-12/h2-8H,1H3,(H,17,19). The van der Waals surface area contributed by atoms with Crippen LogP contribution in [-0.2, 0) is 0 Å². The van der Waals surface area contributed by atoms with Crippen LogP contribution >= 0.6 is 23.2 Å². The Morgan fingerprint density at radius 2 is 2.05 bits per heavy atom. The van der Waals surface area contributed by atoms with E-state index in [0.717, 1.165) is 5.69 Å². The van der Waals surface area contributed by atoms with E-state index in [2.05, 4.69) is 15.3 Å². The summed E-state index contributed by atoms with van der Waals surface area (Å²) in [7, 11) is 0. The van der Waals surface area contributed by atoms with E-state index in [1.807, 2.05) is 25.1 Å². The van der Waals surface area contributed by atoms with Gasteiger partial charge in [0, 0.05) is 6.20 Å². The van der Waals surface area contributed by atoms with Gasteiger partial charge in [-0.1, -0.05) is 29.3 Å². The summed E-state index contributed by atoms with van der Waals surface area (Å²) in [5.74, 6) is -0.384. The summed E-state index contributed by atoms with van der Waals surface area (Å²) in [6.45, 7) is 1.83. The van der Waals surface area contributed by atoms with Gasteiger partial charge in [0.05, 0.1) is 16.8 Å². The Hall–Kier alpha value is -1.65. The summed E-state index contributed by atoms with van der Waals surface area (Å²) in [6.07, 6.45) is 1.67. The number of amides is 1. The zero-order chi connectivity index (χ0) is 13.8. The number of nitrogens with zero attached hydrogens (tertiary/aromatic N) is 2. The van der Waals surface area contributed by atoms with Crippen LogP contribution in [0.15, 0.2) is 36.5 Å². The normalized spacial score (nSPS) is 11.9. The maximum absolute atomic E-state index is 12.1. The molecule has 0 aromatic carbocycles. The third-order valence-electron chi connectivity index (χ3n) is 2.51. The second-order valence-corrected chi connectivity index (χ2v) is 4.71. The minimum absolute atomic E-state index is 0.108. The first-order valence-corrected chi connectivity index (χ1v) is 6.37. The van der Waals surface area contributed by atoms with Crippen molar-refractivity contribution < 1.29 is 4.79 Å². The molecule has 2 rings (SSSR count). The van der Waals surface area contributed by atoms with Crippen molar-refractivity contribution in [2.75, 3.05) is 0 Å². The molecule has 2 aromatic heterocycles. The molecule has 19 heavy (non-hydrogen) atoms. The number of hydrogen-bond acceptors (Lipinski definition) is 3. The number of pyridine rings is 2. The number of hydrogen-bond donors (Lipinski definition) is 1. The number of halogens is 2. The van der Waals surface area contributed by atoms with Gasteiger partial charge in [0.2, 0.25) is 0 Å². The number of carbonyl (C=O) groups is 1. The first kappa shape index (κ1) is 13.8. The summed E-state index contributed by atoms with van der Waals surface area (Å²) < 4.78 is 0. The first-order valence-electron chi connectivity index (χ1n) is 5.62. The molecule has 0 bridgehead atoms. The molecule has 1 unspecified atom stereocenters. The molecule has 1 atom stereocenters. The van der Waals surface area contributed by atoms with E-state index in [1.54, 1.807) is 6.20 Å². The van der Waals surface area contributed by atoms with Crippen molar-refractivity contribution in [1.82, 2.24) is 15.3 Å². The van der Waals surface area contributed by atoms with Gasteiger partial charge in [0.25, 0.3) is 5.91 Å². The zero-order valence-electron chi connectivity index (χ0n) is 10.1. The maximum Gasteiger partial charge on any atom is 0.272 e. The van der Waals surface area contributed by atoms with Crippen molar-refractivity contribution in [2.45, 2.75) is 13.0 Å². The van der Waals surface area contributed by atoms with E-state index in [9.17, 15) is 4.79 Å². The molecule has 0 aliphatic heterocycles. The second kappa shape index (κ2) is 5.99. The largest absolute Gasteiger partial charge is 0.343 e. The monoisotopic (exact) mass is 295 g/mol. The number of aromatic nitrogens is 2. The van der Waals surface area contributed by atoms with Crippen LogP contribution in [0.5, 0.6) is 0 Å². The molecule has 0 saturated heterocycles. The van der Waals surface area contributed by atoms with E-state index in [0.29, 0.717) is 0 Å². The third-order valence-corrected chi connectivity index (χ3v) is 3.02. The lowest BCUT2D eigenvalue weighted by Crippen LogP contribution is -2.28. The number of rotatable bonds is 3. The zero-order valence-corrected chi connectivity index (χ0v) is 11.6. The Morgan fingerprint density at radius 1 is 1.26 bits per heavy atom. The fourth-order valence-electron chi connectivity index (χ4n) is 1.55. The third kappa shape index (κ3) is 3.43. The lowest BCUT2D eigenvalue weighted by atomic mass is 10.2. The van der Waals surface area contributed by atoms with E-state index in [1.165, 1.54) is 12.1 Å². The van der Waals surface area contributed by atoms with Gasteiger partial charge < -0.3 is 5.32 Å². The van der Waals surface area contributed by atoms with Gasteiger partial charge in [0.1, 0.15) is 10.8 Å². The Labute approximate surface area is 120 Å². The van der Waals surface area contributed by atoms with Gasteiger partial charge in [0.15, 0.2) is 0 Å². The van der Waals surface area contributed by atoms with Crippen LogP contribution in [0.2, 0.25) is 10.2 Å². The van der Waals surface area contributed by atoms with Crippen LogP contribution in [0.3, 0.4) is 0 Å². The first-order chi connectivity index (χ1) is 9.08. The molecule has 0 fully saturated rings. The van der Waals surface area contributed by atoms with Crippen LogP contribution in [0.1, 0.15) is 29.1 Å². The van der Waals surface area contributed by atoms with Gasteiger partial charge in [-0.3, -0.25) is 9.78 Å². The van der Waals surface area contributed by atoms with Crippen molar-refractivity contribution in [1.29, 1.82) is 0 Å². The Kier molecular flexibility index (Phi) is 4.35. The Bertz CT molecular complexity index is 590. The molecular weight excluding hydrogens is 285 g/mol. The molecule has 2 heterocycles. The smallest absolute Gasteiger partial charge is 0.272 e. The molecule has 2 aromatic rings. The summed E-state index contributed by atoms with van der Waals surface area (Å²) >= 11 is 11.7. The van der Waals surface area contributed by atoms with Crippen LogP contribution < -0.4 is 5.32 Å². The van der Waals surface area contributed by atoms with E-state index in [-0.39, 0.29) is 27.8 Å². The Balaban J connectivity index is 2.15. The highest BCUT2D eigenvalue weighted by molar-refractivity contribution is 6.34. The van der Waals surface area contributed by atoms with Gasteiger partial charge in [-0.05, 0) is 31.2 Å². The minimum atomic E-state index is -0.384. The highest BCUT2D eigenvalue weighted by Gasteiger charge is 2.16. The van der Waals surface area contributed by atoms with Crippen molar-refractivity contribution in [3.05, 3.63) is 58.1 Å². The van der Waals surface area contributed by atoms with Gasteiger partial charge >= 0.3 is 0 Å². The highest BCUT2D eigenvalue weighted by Crippen LogP contribution is 2.18. The van der Waals surface area contributed by atoms with Gasteiger partial charge in [-0.15, -0.1) is 0 Å². The topological polar surface area (TPSA) is 54.9 Å². The lowest BCUT2D eigenvalue weighted by Gasteiger charge is -2.13. The molecule has 6 heteroatoms. The van der Waals surface area contributed by atoms with E-state index < -0.39 is 0 Å². The molecule has 1 amide bonds. The highest BCUT2D eigenvalue weighted by atomic mass is 35.5. The average Bonchev–Trinajstić information content (AvgIpc) is 2.42. The molecule has 1 N–H and O–H groups in total. The van der Waals surface area contributed by atoms with Crippen LogP contribution in [0.4, 0.5) is 0 Å². The molecular formula is C13H11Cl2N3O. The fourth-order valence-corrected chi connectivity index (χ4v) is 1.89. The molecule has 4 nitrogen and oxygen atoms in total. The summed E-state index contributed by atoms with van der Waals surface area (Å²) in [5.41, 5.74) is 0.867. The second-order valence-electron chi connectivity index (χ2n) is 3.91. The number of carbonyl (C=O) groups excluding carboxylic acids is 1. The van der Waals surface area contributed by atoms with Crippen molar-refractivity contribution >= 4 is 29.1 Å². The summed E-state index contributed by atoms with van der Waals surface area (Å²) in [4.78, 5) is 20.1. The average molecular weight is 296 g/mol. The molecule has 98 valence electrons. The van der Waals surface area contributed by atoms with Gasteiger partial charge in [-0.25, -0.2) is 4.98 Å². The van der Waals surface area contributed by atoms with Crippen molar-refractivity contribution in [2.24, 2.45) is 0 Å². The summed E-state index contributed by atoms with van der Waals surface area (Å²) in [6, 6.07) is 8.33. The fraction of sp³-hybridized carbons (Fsp3) is 0.154. The number of nitrogens with one attached hydrogen (secondary N) is 1. The predicted molar refractivity (Wildman–Crippen MR) is 74.4 cm³/mol. The van der Waals surface area contributed by atoms with E-state index >= 15 is 0 Å². The van der Waals surface area contributed by atoms with Crippen LogP contribution in [-0.4, -0.2) is 15.9 Å². The lowest BCUT2D eigenvalue weighted by molar-refractivity contribution is 0.0934. The van der Waals surface area contributed by atoms with Crippen molar-refractivity contribution in [3.63, 3.8) is 0 Å². The Morgan fingerprint density at radius 3 is 2.74 bits per heavy atom. The van der Waals surface area contributed by atoms with Crippen molar-refractivity contribution in [3.8, 4) is 0 Å². The molecule has 0 aliphatic rings. The quantitative estimate of drug-likeness (QED) is 0.884. The van der Waals surface area contributed by atoms with Crippen LogP contribution in [0, 0.1) is 0 Å². The molecule has 0 radical (unpaired) electrons. The molecule has 0 aliphatic carbocycles. The predicted octanol–water partition coefficient (Wildman–Crippen LogP) is 3.27. The van der Waals surface area contributed by atoms with Gasteiger partial charge in [-0.2, -0.15) is 0 Å². The maximum atomic E-state index is 12.1. The molecule has 0 spiro atoms. The summed E-state index contributed by atoms with van der Waals surface area (Å²) in [5, 5.41) is 3.26. The minimum Gasteiger partial charge on any atom is -0.343 e. The molecule has 0 saturated carbocycles. The van der Waals surface area contributed by atoms with Crippen LogP contribution in [0.25, 0.3) is 0 Å². The SMILES string of the molecule is CC(NC(=O)c1nc(Cl)ccc1Cl)c1ccccn1.